The van der Waals surface area contributed by atoms with Crippen LogP contribution in [0.1, 0.15) is 45.5 Å². The van der Waals surface area contributed by atoms with E-state index in [1.54, 1.807) is 12.1 Å². The molecule has 0 spiro atoms. The van der Waals surface area contributed by atoms with Gasteiger partial charge < -0.3 is 30.3 Å². The van der Waals surface area contributed by atoms with Crippen LogP contribution in [0.15, 0.2) is 60.7 Å². The van der Waals surface area contributed by atoms with E-state index in [0.717, 1.165) is 42.9 Å². The molecule has 5 rings (SSSR count). The molecular formula is C32H38N4O4. The Morgan fingerprint density at radius 1 is 1.05 bits per heavy atom. The van der Waals surface area contributed by atoms with Crippen molar-refractivity contribution < 1.29 is 19.1 Å². The van der Waals surface area contributed by atoms with E-state index >= 15 is 0 Å². The fourth-order valence-electron chi connectivity index (χ4n) is 5.62. The fraction of sp³-hybridized carbons (Fsp3) is 0.375. The highest BCUT2D eigenvalue weighted by atomic mass is 16.5. The van der Waals surface area contributed by atoms with Gasteiger partial charge in [0.25, 0.3) is 5.91 Å². The molecule has 0 saturated carbocycles. The first kappa shape index (κ1) is 27.7. The molecule has 0 aliphatic carbocycles. The third kappa shape index (κ3) is 6.29. The molecule has 2 heterocycles. The molecule has 210 valence electrons. The van der Waals surface area contributed by atoms with Crippen LogP contribution in [-0.2, 0) is 4.74 Å². The number of aryl methyl sites for hydroxylation is 1. The Hall–Kier alpha value is -3.88. The Balaban J connectivity index is 1.38. The first-order valence-electron chi connectivity index (χ1n) is 14.0. The lowest BCUT2D eigenvalue weighted by Crippen LogP contribution is -2.36. The Kier molecular flexibility index (Phi) is 8.67. The van der Waals surface area contributed by atoms with Crippen molar-refractivity contribution in [3.63, 3.8) is 0 Å². The largest absolute Gasteiger partial charge is 0.493 e. The molecule has 3 aromatic rings. The zero-order valence-corrected chi connectivity index (χ0v) is 23.3. The number of benzene rings is 3. The van der Waals surface area contributed by atoms with E-state index in [9.17, 15) is 9.59 Å². The van der Waals surface area contributed by atoms with Gasteiger partial charge in [0.15, 0.2) is 0 Å². The molecule has 0 aromatic heterocycles. The normalized spacial score (nSPS) is 17.6. The summed E-state index contributed by atoms with van der Waals surface area (Å²) in [5.41, 5.74) is 10.8. The molecule has 0 bridgehead atoms. The number of nitrogens with one attached hydrogen (secondary N) is 1. The number of carbonyl (C=O) groups is 2. The number of anilines is 2. The number of nitrogens with two attached hydrogens (primary N) is 1. The lowest BCUT2D eigenvalue weighted by Gasteiger charge is -2.29. The van der Waals surface area contributed by atoms with Gasteiger partial charge in [-0.05, 0) is 93.4 Å². The lowest BCUT2D eigenvalue weighted by molar-refractivity contribution is 0.0997. The van der Waals surface area contributed by atoms with Gasteiger partial charge in [0.05, 0.1) is 25.4 Å². The summed E-state index contributed by atoms with van der Waals surface area (Å²) in [6, 6.07) is 19.2. The maximum Gasteiger partial charge on any atom is 0.255 e. The lowest BCUT2D eigenvalue weighted by atomic mass is 9.94. The minimum absolute atomic E-state index is 0.203. The number of carbonyl (C=O) groups excluding carboxylic acids is 2. The predicted octanol–water partition coefficient (Wildman–Crippen LogP) is 4.71. The molecule has 8 nitrogen and oxygen atoms in total. The molecule has 2 aliphatic heterocycles. The molecule has 2 fully saturated rings. The second-order valence-corrected chi connectivity index (χ2v) is 10.6. The van der Waals surface area contributed by atoms with Crippen LogP contribution in [0.4, 0.5) is 11.4 Å². The molecule has 8 heteroatoms. The van der Waals surface area contributed by atoms with Gasteiger partial charge in [-0.3, -0.25) is 9.59 Å². The number of primary amides is 1. The Labute approximate surface area is 236 Å². The Bertz CT molecular complexity index is 1370. The molecule has 3 N–H and O–H groups in total. The van der Waals surface area contributed by atoms with Crippen molar-refractivity contribution in [1.29, 1.82) is 0 Å². The van der Waals surface area contributed by atoms with Crippen molar-refractivity contribution in [3.8, 4) is 16.9 Å². The number of hydrogen-bond donors (Lipinski definition) is 2. The van der Waals surface area contributed by atoms with Gasteiger partial charge in [-0.1, -0.05) is 18.2 Å². The van der Waals surface area contributed by atoms with Crippen molar-refractivity contribution >= 4 is 23.2 Å². The van der Waals surface area contributed by atoms with Gasteiger partial charge in [-0.2, -0.15) is 0 Å². The van der Waals surface area contributed by atoms with E-state index < -0.39 is 5.91 Å². The van der Waals surface area contributed by atoms with E-state index in [4.69, 9.17) is 15.2 Å². The van der Waals surface area contributed by atoms with E-state index in [1.165, 1.54) is 12.8 Å². The molecule has 40 heavy (non-hydrogen) atoms. The summed E-state index contributed by atoms with van der Waals surface area (Å²) >= 11 is 0. The third-order valence-electron chi connectivity index (χ3n) is 7.92. The fourth-order valence-corrected chi connectivity index (χ4v) is 5.62. The van der Waals surface area contributed by atoms with Crippen LogP contribution < -0.4 is 20.7 Å². The van der Waals surface area contributed by atoms with E-state index in [0.29, 0.717) is 54.0 Å². The average molecular weight is 543 g/mol. The third-order valence-corrected chi connectivity index (χ3v) is 7.92. The van der Waals surface area contributed by atoms with E-state index in [2.05, 4.69) is 22.2 Å². The van der Waals surface area contributed by atoms with Crippen LogP contribution in [0, 0.1) is 6.92 Å². The number of ether oxygens (including phenoxy) is 2. The van der Waals surface area contributed by atoms with E-state index in [1.807, 2.05) is 55.5 Å². The summed E-state index contributed by atoms with van der Waals surface area (Å²) in [6.07, 6.45) is 3.29. The first-order chi connectivity index (χ1) is 19.4. The maximum atomic E-state index is 13.3. The quantitative estimate of drug-likeness (QED) is 0.406. The van der Waals surface area contributed by atoms with Crippen LogP contribution in [0.5, 0.6) is 5.75 Å². The summed E-state index contributed by atoms with van der Waals surface area (Å²) < 4.78 is 11.7. The molecular weight excluding hydrogens is 504 g/mol. The highest BCUT2D eigenvalue weighted by molar-refractivity contribution is 6.06. The van der Waals surface area contributed by atoms with Gasteiger partial charge in [0, 0.05) is 41.6 Å². The van der Waals surface area contributed by atoms with Crippen molar-refractivity contribution in [1.82, 2.24) is 4.90 Å². The van der Waals surface area contributed by atoms with Crippen LogP contribution >= 0.6 is 0 Å². The maximum absolute atomic E-state index is 13.3. The number of amides is 2. The van der Waals surface area contributed by atoms with Gasteiger partial charge in [-0.15, -0.1) is 0 Å². The predicted molar refractivity (Wildman–Crippen MR) is 158 cm³/mol. The highest BCUT2D eigenvalue weighted by Gasteiger charge is 2.22. The van der Waals surface area contributed by atoms with Crippen molar-refractivity contribution in [2.45, 2.75) is 32.2 Å². The SMILES string of the molecule is Cc1ccc(NC(=O)c2cccc(N3CCOCC3)c2)cc1-c1c(OCCC2CCCN2C)cccc1C(N)=O. The minimum Gasteiger partial charge on any atom is -0.493 e. The standard InChI is InChI=1S/C32H38N4O4/c1-22-11-12-24(34-32(38)23-6-3-7-26(20-23)36-15-18-39-19-16-36)21-28(22)30-27(31(33)37)9-4-10-29(30)40-17-13-25-8-5-14-35(25)2/h3-4,6-7,9-12,20-21,25H,5,8,13-19H2,1-2H3,(H2,33,37)(H,34,38). The van der Waals surface area contributed by atoms with Crippen molar-refractivity contribution in [2.75, 3.05) is 56.7 Å². The van der Waals surface area contributed by atoms with Gasteiger partial charge in [0.2, 0.25) is 5.91 Å². The molecule has 3 aromatic carbocycles. The first-order valence-corrected chi connectivity index (χ1v) is 14.0. The van der Waals surface area contributed by atoms with Crippen molar-refractivity contribution in [3.05, 3.63) is 77.4 Å². The molecule has 2 saturated heterocycles. The van der Waals surface area contributed by atoms with Crippen LogP contribution in [0.25, 0.3) is 11.1 Å². The topological polar surface area (TPSA) is 97.1 Å². The molecule has 2 amide bonds. The summed E-state index contributed by atoms with van der Waals surface area (Å²) in [7, 11) is 2.15. The summed E-state index contributed by atoms with van der Waals surface area (Å²) in [6.45, 7) is 6.58. The smallest absolute Gasteiger partial charge is 0.255 e. The van der Waals surface area contributed by atoms with E-state index in [-0.39, 0.29) is 5.91 Å². The molecule has 1 atom stereocenters. The molecule has 0 radical (unpaired) electrons. The number of nitrogens with zero attached hydrogens (tertiary/aromatic N) is 2. The van der Waals surface area contributed by atoms with Crippen molar-refractivity contribution in [2.24, 2.45) is 5.73 Å². The van der Waals surface area contributed by atoms with Crippen LogP contribution in [0.3, 0.4) is 0 Å². The van der Waals surface area contributed by atoms with Crippen LogP contribution in [-0.4, -0.2) is 69.3 Å². The Morgan fingerprint density at radius 2 is 1.85 bits per heavy atom. The van der Waals surface area contributed by atoms with Gasteiger partial charge >= 0.3 is 0 Å². The summed E-state index contributed by atoms with van der Waals surface area (Å²) in [4.78, 5) is 30.3. The Morgan fingerprint density at radius 3 is 2.60 bits per heavy atom. The number of hydrogen-bond acceptors (Lipinski definition) is 6. The second kappa shape index (κ2) is 12.5. The second-order valence-electron chi connectivity index (χ2n) is 10.6. The summed E-state index contributed by atoms with van der Waals surface area (Å²) in [5.74, 6) is -0.114. The molecule has 2 aliphatic rings. The monoisotopic (exact) mass is 542 g/mol. The van der Waals surface area contributed by atoms with Gasteiger partial charge in [0.1, 0.15) is 5.75 Å². The minimum atomic E-state index is -0.523. The van der Waals surface area contributed by atoms with Gasteiger partial charge in [-0.25, -0.2) is 0 Å². The number of likely N-dealkylation sites (tertiary alicyclic amines) is 1. The van der Waals surface area contributed by atoms with Crippen LogP contribution in [0.2, 0.25) is 0 Å². The highest BCUT2D eigenvalue weighted by Crippen LogP contribution is 2.37. The zero-order chi connectivity index (χ0) is 28.1. The molecule has 1 unspecified atom stereocenters. The number of morpholine rings is 1. The summed E-state index contributed by atoms with van der Waals surface area (Å²) in [5, 5.41) is 3.03. The zero-order valence-electron chi connectivity index (χ0n) is 23.3. The average Bonchev–Trinajstić information content (AvgIpc) is 3.38. The number of rotatable bonds is 9.